The Morgan fingerprint density at radius 2 is 1.11 bits per heavy atom. The molecule has 0 aromatic heterocycles. The van der Waals surface area contributed by atoms with Gasteiger partial charge >= 0.3 is 0 Å². The minimum Gasteiger partial charge on any atom is -0.372 e. The van der Waals surface area contributed by atoms with Crippen LogP contribution in [0.4, 0.5) is 22.7 Å². The molecule has 3 rings (SSSR count). The number of anilines is 1. The number of hydrogen-bond acceptors (Lipinski definition) is 5. The summed E-state index contributed by atoms with van der Waals surface area (Å²) in [5.41, 5.74) is 4.91. The van der Waals surface area contributed by atoms with Crippen LogP contribution < -0.4 is 4.90 Å². The zero-order valence-electron chi connectivity index (χ0n) is 22.8. The molecule has 0 atom stereocenters. The summed E-state index contributed by atoms with van der Waals surface area (Å²) in [5.74, 6) is 0. The minimum absolute atomic E-state index is 0.0913. The molecule has 38 heavy (non-hydrogen) atoms. The molecule has 3 aromatic rings. The molecule has 0 N–H and O–H groups in total. The number of hydrogen-bond donors (Lipinski definition) is 0. The maximum absolute atomic E-state index is 10.8. The zero-order chi connectivity index (χ0) is 27.0. The van der Waals surface area contributed by atoms with Crippen LogP contribution in [-0.2, 0) is 0 Å². The molecular formula is C32H40N4O2. The van der Waals surface area contributed by atoms with Crippen LogP contribution in [0.1, 0.15) is 76.3 Å². The van der Waals surface area contributed by atoms with E-state index < -0.39 is 4.92 Å². The number of benzene rings is 3. The lowest BCUT2D eigenvalue weighted by atomic mass is 10.1. The summed E-state index contributed by atoms with van der Waals surface area (Å²) in [4.78, 5) is 12.9. The highest BCUT2D eigenvalue weighted by atomic mass is 16.6. The van der Waals surface area contributed by atoms with E-state index in [0.29, 0.717) is 0 Å². The molecule has 6 nitrogen and oxygen atoms in total. The SMILES string of the molecule is CCCCCCN(CCCCCC)c1ccc(N=Nc2ccc(/C=C/c3ccc([N+](=O)[O-])cc3)cc2)cc1. The third-order valence-corrected chi connectivity index (χ3v) is 6.52. The second-order valence-corrected chi connectivity index (χ2v) is 9.60. The molecule has 0 unspecified atom stereocenters. The fourth-order valence-electron chi connectivity index (χ4n) is 4.23. The number of unbranched alkanes of at least 4 members (excludes halogenated alkanes) is 6. The molecule has 0 amide bonds. The van der Waals surface area contributed by atoms with Gasteiger partial charge < -0.3 is 4.90 Å². The van der Waals surface area contributed by atoms with E-state index in [2.05, 4.69) is 41.1 Å². The lowest BCUT2D eigenvalue weighted by Gasteiger charge is -2.25. The van der Waals surface area contributed by atoms with Gasteiger partial charge in [0, 0.05) is 30.9 Å². The van der Waals surface area contributed by atoms with Crippen LogP contribution in [0.25, 0.3) is 12.2 Å². The Labute approximate surface area is 227 Å². The van der Waals surface area contributed by atoms with E-state index in [1.54, 1.807) is 12.1 Å². The van der Waals surface area contributed by atoms with Crippen molar-refractivity contribution in [2.45, 2.75) is 65.2 Å². The van der Waals surface area contributed by atoms with E-state index in [-0.39, 0.29) is 5.69 Å². The molecule has 0 bridgehead atoms. The summed E-state index contributed by atoms with van der Waals surface area (Å²) in [6, 6.07) is 22.7. The molecular weight excluding hydrogens is 472 g/mol. The van der Waals surface area contributed by atoms with Crippen LogP contribution in [-0.4, -0.2) is 18.0 Å². The summed E-state index contributed by atoms with van der Waals surface area (Å²) in [6.45, 7) is 6.73. The monoisotopic (exact) mass is 512 g/mol. The van der Waals surface area contributed by atoms with E-state index >= 15 is 0 Å². The van der Waals surface area contributed by atoms with E-state index in [0.717, 1.165) is 35.6 Å². The normalized spacial score (nSPS) is 11.4. The lowest BCUT2D eigenvalue weighted by molar-refractivity contribution is -0.384. The highest BCUT2D eigenvalue weighted by molar-refractivity contribution is 5.70. The van der Waals surface area contributed by atoms with Gasteiger partial charge in [0.05, 0.1) is 16.3 Å². The number of azo groups is 1. The van der Waals surface area contributed by atoms with E-state index in [4.69, 9.17) is 0 Å². The fraction of sp³-hybridized carbons (Fsp3) is 0.375. The van der Waals surface area contributed by atoms with Gasteiger partial charge in [-0.1, -0.05) is 76.7 Å². The Morgan fingerprint density at radius 3 is 1.55 bits per heavy atom. The average Bonchev–Trinajstić information content (AvgIpc) is 2.95. The van der Waals surface area contributed by atoms with Gasteiger partial charge in [0.1, 0.15) is 0 Å². The van der Waals surface area contributed by atoms with Crippen molar-refractivity contribution >= 4 is 34.9 Å². The van der Waals surface area contributed by atoms with Gasteiger partial charge in [0.2, 0.25) is 0 Å². The molecule has 0 aliphatic rings. The average molecular weight is 513 g/mol. The highest BCUT2D eigenvalue weighted by Crippen LogP contribution is 2.24. The smallest absolute Gasteiger partial charge is 0.269 e. The first-order valence-corrected chi connectivity index (χ1v) is 13.9. The summed E-state index contributed by atoms with van der Waals surface area (Å²) in [6.07, 6.45) is 14.1. The zero-order valence-corrected chi connectivity index (χ0v) is 22.8. The highest BCUT2D eigenvalue weighted by Gasteiger charge is 2.07. The molecule has 200 valence electrons. The first-order chi connectivity index (χ1) is 18.6. The number of nitro groups is 1. The van der Waals surface area contributed by atoms with Crippen molar-refractivity contribution in [2.24, 2.45) is 10.2 Å². The molecule has 0 fully saturated rings. The van der Waals surface area contributed by atoms with Crippen LogP contribution in [0.15, 0.2) is 83.0 Å². The predicted octanol–water partition coefficient (Wildman–Crippen LogP) is 10.1. The van der Waals surface area contributed by atoms with Crippen LogP contribution in [0.3, 0.4) is 0 Å². The van der Waals surface area contributed by atoms with Gasteiger partial charge in [-0.05, 0) is 72.5 Å². The first-order valence-electron chi connectivity index (χ1n) is 13.9. The number of non-ortho nitro benzene ring substituents is 1. The van der Waals surface area contributed by atoms with Crippen LogP contribution >= 0.6 is 0 Å². The summed E-state index contributed by atoms with van der Waals surface area (Å²) in [5, 5.41) is 19.6. The van der Waals surface area contributed by atoms with Crippen LogP contribution in [0.5, 0.6) is 0 Å². The Kier molecular flexibility index (Phi) is 12.2. The Morgan fingerprint density at radius 1 is 0.658 bits per heavy atom. The molecule has 0 radical (unpaired) electrons. The van der Waals surface area contributed by atoms with Crippen molar-refractivity contribution in [1.29, 1.82) is 0 Å². The van der Waals surface area contributed by atoms with Crippen molar-refractivity contribution in [3.63, 3.8) is 0 Å². The third-order valence-electron chi connectivity index (χ3n) is 6.52. The maximum atomic E-state index is 10.8. The molecule has 0 aliphatic heterocycles. The number of rotatable bonds is 16. The Bertz CT molecular complexity index is 1140. The van der Waals surface area contributed by atoms with Crippen molar-refractivity contribution in [3.05, 3.63) is 94.0 Å². The molecule has 3 aromatic carbocycles. The molecule has 6 heteroatoms. The summed E-state index contributed by atoms with van der Waals surface area (Å²) >= 11 is 0. The van der Waals surface area contributed by atoms with Crippen molar-refractivity contribution < 1.29 is 4.92 Å². The Balaban J connectivity index is 1.56. The molecule has 0 spiro atoms. The first kappa shape index (κ1) is 28.8. The second kappa shape index (κ2) is 16.1. The molecule has 0 aliphatic carbocycles. The van der Waals surface area contributed by atoms with Gasteiger partial charge in [0.25, 0.3) is 5.69 Å². The second-order valence-electron chi connectivity index (χ2n) is 9.60. The molecule has 0 saturated heterocycles. The lowest BCUT2D eigenvalue weighted by Crippen LogP contribution is -2.25. The third kappa shape index (κ3) is 9.92. The minimum atomic E-state index is -0.394. The molecule has 0 heterocycles. The summed E-state index contributed by atoms with van der Waals surface area (Å²) in [7, 11) is 0. The Hall–Kier alpha value is -3.80. The van der Waals surface area contributed by atoms with Gasteiger partial charge in [-0.15, -0.1) is 0 Å². The topological polar surface area (TPSA) is 71.1 Å². The van der Waals surface area contributed by atoms with E-state index in [1.807, 2.05) is 48.6 Å². The van der Waals surface area contributed by atoms with Gasteiger partial charge in [-0.25, -0.2) is 0 Å². The van der Waals surface area contributed by atoms with Crippen LogP contribution in [0, 0.1) is 10.1 Å². The quantitative estimate of drug-likeness (QED) is 0.0630. The van der Waals surface area contributed by atoms with Gasteiger partial charge in [0.15, 0.2) is 0 Å². The largest absolute Gasteiger partial charge is 0.372 e. The van der Waals surface area contributed by atoms with E-state index in [9.17, 15) is 10.1 Å². The summed E-state index contributed by atoms with van der Waals surface area (Å²) < 4.78 is 0. The maximum Gasteiger partial charge on any atom is 0.269 e. The van der Waals surface area contributed by atoms with Crippen LogP contribution in [0.2, 0.25) is 0 Å². The standard InChI is InChI=1S/C32H40N4O2/c1-3-5-7-9-25-35(26-10-8-6-4-2)31-23-19-30(20-24-31)34-33-29-17-13-27(14-18-29)11-12-28-15-21-32(22-16-28)36(37)38/h11-24H,3-10,25-26H2,1-2H3/b12-11+,34-33?. The molecule has 0 saturated carbocycles. The van der Waals surface area contributed by atoms with E-state index in [1.165, 1.54) is 69.2 Å². The number of nitro benzene ring substituents is 1. The van der Waals surface area contributed by atoms with Crippen molar-refractivity contribution in [2.75, 3.05) is 18.0 Å². The number of nitrogens with zero attached hydrogens (tertiary/aromatic N) is 4. The van der Waals surface area contributed by atoms with Crippen molar-refractivity contribution in [1.82, 2.24) is 0 Å². The van der Waals surface area contributed by atoms with Gasteiger partial charge in [-0.2, -0.15) is 10.2 Å². The fourth-order valence-corrected chi connectivity index (χ4v) is 4.23. The van der Waals surface area contributed by atoms with Crippen molar-refractivity contribution in [3.8, 4) is 0 Å². The predicted molar refractivity (Wildman–Crippen MR) is 160 cm³/mol. The van der Waals surface area contributed by atoms with Gasteiger partial charge in [-0.3, -0.25) is 10.1 Å².